The van der Waals surface area contributed by atoms with Gasteiger partial charge in [-0.1, -0.05) is 31.2 Å². The lowest BCUT2D eigenvalue weighted by molar-refractivity contribution is 0.204. The monoisotopic (exact) mass is 154 g/mol. The van der Waals surface area contributed by atoms with E-state index in [-0.39, 0.29) is 0 Å². The van der Waals surface area contributed by atoms with Crippen LogP contribution in [0.1, 0.15) is 26.2 Å². The Morgan fingerprint density at radius 2 is 1.82 bits per heavy atom. The van der Waals surface area contributed by atoms with E-state index < -0.39 is 0 Å². The molecule has 0 N–H and O–H groups in total. The van der Waals surface area contributed by atoms with Crippen LogP contribution in [0.4, 0.5) is 0 Å². The first-order valence-corrected chi connectivity index (χ1v) is 4.20. The summed E-state index contributed by atoms with van der Waals surface area (Å²) < 4.78 is 4.90. The summed E-state index contributed by atoms with van der Waals surface area (Å²) in [6.45, 7) is 2.97. The zero-order valence-electron chi connectivity index (χ0n) is 7.55. The van der Waals surface area contributed by atoms with Gasteiger partial charge in [0.2, 0.25) is 0 Å². The maximum Gasteiger partial charge on any atom is 0.0496 e. The number of allylic oxidation sites excluding steroid dienone is 3. The Bertz CT molecular complexity index is 114. The third-order valence-electron chi connectivity index (χ3n) is 1.33. The summed E-state index contributed by atoms with van der Waals surface area (Å²) in [5.41, 5.74) is 0. The van der Waals surface area contributed by atoms with Crippen LogP contribution < -0.4 is 0 Å². The molecule has 1 nitrogen and oxygen atoms in total. The molecule has 0 aliphatic heterocycles. The van der Waals surface area contributed by atoms with Crippen LogP contribution in [-0.4, -0.2) is 13.7 Å². The van der Waals surface area contributed by atoms with Gasteiger partial charge in [-0.15, -0.1) is 0 Å². The molecule has 1 heteroatoms. The minimum atomic E-state index is 0.827. The van der Waals surface area contributed by atoms with Crippen molar-refractivity contribution in [3.8, 4) is 0 Å². The van der Waals surface area contributed by atoms with Crippen LogP contribution in [0.25, 0.3) is 0 Å². The molecule has 0 aromatic rings. The molecule has 0 amide bonds. The lowest BCUT2D eigenvalue weighted by Crippen LogP contribution is -1.83. The normalized spacial score (nSPS) is 11.8. The number of rotatable bonds is 6. The molecule has 0 unspecified atom stereocenters. The number of methoxy groups -OCH3 is 1. The molecular formula is C10H18O. The lowest BCUT2D eigenvalue weighted by atomic mass is 10.3. The quantitative estimate of drug-likeness (QED) is 0.422. The van der Waals surface area contributed by atoms with Crippen LogP contribution in [-0.2, 0) is 4.74 Å². The molecule has 0 bridgehead atoms. The molecule has 0 spiro atoms. The summed E-state index contributed by atoms with van der Waals surface area (Å²) in [6.07, 6.45) is 11.9. The first kappa shape index (κ1) is 10.4. The van der Waals surface area contributed by atoms with Crippen LogP contribution >= 0.6 is 0 Å². The Hall–Kier alpha value is -0.560. The SMILES string of the molecule is CC/C=C/C/C=C/CCOC. The maximum atomic E-state index is 4.90. The molecule has 0 aromatic heterocycles. The number of ether oxygens (including phenoxy) is 1. The van der Waals surface area contributed by atoms with Gasteiger partial charge in [-0.25, -0.2) is 0 Å². The molecule has 0 aliphatic rings. The van der Waals surface area contributed by atoms with Crippen molar-refractivity contribution in [2.24, 2.45) is 0 Å². The predicted octanol–water partition coefficient (Wildman–Crippen LogP) is 2.94. The van der Waals surface area contributed by atoms with Crippen molar-refractivity contribution in [1.82, 2.24) is 0 Å². The molecule has 0 aromatic carbocycles. The minimum Gasteiger partial charge on any atom is -0.384 e. The highest BCUT2D eigenvalue weighted by molar-refractivity contribution is 4.92. The topological polar surface area (TPSA) is 9.23 Å². The van der Waals surface area contributed by atoms with Gasteiger partial charge in [0.05, 0.1) is 0 Å². The predicted molar refractivity (Wildman–Crippen MR) is 49.7 cm³/mol. The molecule has 11 heavy (non-hydrogen) atoms. The molecule has 64 valence electrons. The molecular weight excluding hydrogens is 136 g/mol. The summed E-state index contributed by atoms with van der Waals surface area (Å²) >= 11 is 0. The van der Waals surface area contributed by atoms with Gasteiger partial charge in [-0.2, -0.15) is 0 Å². The van der Waals surface area contributed by atoms with Crippen LogP contribution in [0.3, 0.4) is 0 Å². The summed E-state index contributed by atoms with van der Waals surface area (Å²) in [4.78, 5) is 0. The molecule has 0 heterocycles. The highest BCUT2D eigenvalue weighted by Crippen LogP contribution is 1.90. The Labute approximate surface area is 69.8 Å². The van der Waals surface area contributed by atoms with Crippen molar-refractivity contribution in [2.45, 2.75) is 26.2 Å². The van der Waals surface area contributed by atoms with Crippen LogP contribution in [0.2, 0.25) is 0 Å². The molecule has 0 rings (SSSR count). The van der Waals surface area contributed by atoms with Crippen molar-refractivity contribution >= 4 is 0 Å². The van der Waals surface area contributed by atoms with E-state index in [9.17, 15) is 0 Å². The summed E-state index contributed by atoms with van der Waals surface area (Å²) in [6, 6.07) is 0. The number of hydrogen-bond donors (Lipinski definition) is 0. The van der Waals surface area contributed by atoms with Crippen molar-refractivity contribution in [3.63, 3.8) is 0 Å². The van der Waals surface area contributed by atoms with Gasteiger partial charge in [0.1, 0.15) is 0 Å². The van der Waals surface area contributed by atoms with Gasteiger partial charge >= 0.3 is 0 Å². The first-order chi connectivity index (χ1) is 5.41. The van der Waals surface area contributed by atoms with Gasteiger partial charge in [0.25, 0.3) is 0 Å². The second-order valence-corrected chi connectivity index (χ2v) is 2.37. The fourth-order valence-electron chi connectivity index (χ4n) is 0.741. The van der Waals surface area contributed by atoms with Gasteiger partial charge in [0, 0.05) is 13.7 Å². The van der Waals surface area contributed by atoms with Crippen molar-refractivity contribution in [2.75, 3.05) is 13.7 Å². The average molecular weight is 154 g/mol. The van der Waals surface area contributed by atoms with Crippen LogP contribution in [0.5, 0.6) is 0 Å². The van der Waals surface area contributed by atoms with E-state index in [0.29, 0.717) is 0 Å². The third kappa shape index (κ3) is 9.44. The van der Waals surface area contributed by atoms with Gasteiger partial charge < -0.3 is 4.74 Å². The largest absolute Gasteiger partial charge is 0.384 e. The fourth-order valence-corrected chi connectivity index (χ4v) is 0.741. The van der Waals surface area contributed by atoms with E-state index in [2.05, 4.69) is 31.2 Å². The highest BCUT2D eigenvalue weighted by Gasteiger charge is 1.75. The molecule has 0 saturated carbocycles. The van der Waals surface area contributed by atoms with Crippen molar-refractivity contribution < 1.29 is 4.74 Å². The Kier molecular flexibility index (Phi) is 8.96. The van der Waals surface area contributed by atoms with E-state index in [1.54, 1.807) is 7.11 Å². The minimum absolute atomic E-state index is 0.827. The second-order valence-electron chi connectivity index (χ2n) is 2.37. The van der Waals surface area contributed by atoms with E-state index in [1.807, 2.05) is 0 Å². The Morgan fingerprint density at radius 1 is 1.09 bits per heavy atom. The molecule has 0 radical (unpaired) electrons. The molecule has 0 saturated heterocycles. The van der Waals surface area contributed by atoms with Gasteiger partial charge in [-0.05, 0) is 19.3 Å². The van der Waals surface area contributed by atoms with E-state index in [4.69, 9.17) is 4.74 Å². The smallest absolute Gasteiger partial charge is 0.0496 e. The van der Waals surface area contributed by atoms with Gasteiger partial charge in [0.15, 0.2) is 0 Å². The van der Waals surface area contributed by atoms with E-state index in [0.717, 1.165) is 25.9 Å². The first-order valence-electron chi connectivity index (χ1n) is 4.20. The molecule has 0 fully saturated rings. The van der Waals surface area contributed by atoms with Crippen LogP contribution in [0, 0.1) is 0 Å². The standard InChI is InChI=1S/C10H18O/c1-3-4-5-6-7-8-9-10-11-2/h4-5,7-8H,3,6,9-10H2,1-2H3/b5-4+,8-7+. The van der Waals surface area contributed by atoms with E-state index >= 15 is 0 Å². The second kappa shape index (κ2) is 9.44. The van der Waals surface area contributed by atoms with Crippen molar-refractivity contribution in [3.05, 3.63) is 24.3 Å². The molecule has 0 atom stereocenters. The summed E-state index contributed by atoms with van der Waals surface area (Å²) in [7, 11) is 1.73. The van der Waals surface area contributed by atoms with Crippen molar-refractivity contribution in [1.29, 1.82) is 0 Å². The fraction of sp³-hybridized carbons (Fsp3) is 0.600. The molecule has 0 aliphatic carbocycles. The summed E-state index contributed by atoms with van der Waals surface area (Å²) in [5, 5.41) is 0. The average Bonchev–Trinajstić information content (AvgIpc) is 2.03. The lowest BCUT2D eigenvalue weighted by Gasteiger charge is -1.89. The van der Waals surface area contributed by atoms with Crippen LogP contribution in [0.15, 0.2) is 24.3 Å². The zero-order chi connectivity index (χ0) is 8.36. The highest BCUT2D eigenvalue weighted by atomic mass is 16.5. The Morgan fingerprint density at radius 3 is 2.45 bits per heavy atom. The third-order valence-corrected chi connectivity index (χ3v) is 1.33. The summed E-state index contributed by atoms with van der Waals surface area (Å²) in [5.74, 6) is 0. The number of hydrogen-bond acceptors (Lipinski definition) is 1. The zero-order valence-corrected chi connectivity index (χ0v) is 7.55. The Balaban J connectivity index is 3.09. The maximum absolute atomic E-state index is 4.90. The van der Waals surface area contributed by atoms with Gasteiger partial charge in [-0.3, -0.25) is 0 Å². The van der Waals surface area contributed by atoms with E-state index in [1.165, 1.54) is 0 Å².